The minimum atomic E-state index is -0.0757. The Morgan fingerprint density at radius 1 is 1.28 bits per heavy atom. The Morgan fingerprint density at radius 3 is 3.04 bits per heavy atom. The normalized spacial score (nSPS) is 16.9. The molecule has 1 N–H and O–H groups in total. The predicted octanol–water partition coefficient (Wildman–Crippen LogP) is 3.79. The average molecular weight is 356 g/mol. The molecule has 1 aromatic carbocycles. The first-order chi connectivity index (χ1) is 12.3. The summed E-state index contributed by atoms with van der Waals surface area (Å²) in [5.74, 6) is 1.24. The van der Waals surface area contributed by atoms with Crippen LogP contribution in [-0.4, -0.2) is 35.5 Å². The Kier molecular flexibility index (Phi) is 4.21. The number of thiazole rings is 1. The summed E-state index contributed by atoms with van der Waals surface area (Å²) < 4.78 is 17.4. The van der Waals surface area contributed by atoms with Crippen LogP contribution < -0.4 is 10.1 Å². The molecular weight excluding hydrogens is 340 g/mol. The van der Waals surface area contributed by atoms with Crippen LogP contribution in [0.25, 0.3) is 15.8 Å². The number of anilines is 2. The Hall–Kier alpha value is -2.71. The van der Waals surface area contributed by atoms with E-state index in [4.69, 9.17) is 13.9 Å². The van der Waals surface area contributed by atoms with Crippen molar-refractivity contribution in [3.05, 3.63) is 42.3 Å². The number of hydrogen-bond donors (Lipinski definition) is 1. The van der Waals surface area contributed by atoms with Gasteiger partial charge in [0.1, 0.15) is 5.75 Å². The summed E-state index contributed by atoms with van der Waals surface area (Å²) in [5, 5.41) is 11.9. The van der Waals surface area contributed by atoms with Gasteiger partial charge in [-0.3, -0.25) is 5.32 Å². The predicted molar refractivity (Wildman–Crippen MR) is 96.3 cm³/mol. The van der Waals surface area contributed by atoms with Gasteiger partial charge in [0.2, 0.25) is 5.89 Å². The molecule has 0 bridgehead atoms. The SMILES string of the molecule is COc1ccc2nc(Nc3nnc(C4=CC=CCC4OC)o3)sc2c1. The molecule has 1 aliphatic rings. The van der Waals surface area contributed by atoms with Crippen LogP contribution in [0, 0.1) is 0 Å². The van der Waals surface area contributed by atoms with Crippen LogP contribution in [-0.2, 0) is 4.74 Å². The maximum atomic E-state index is 5.73. The highest BCUT2D eigenvalue weighted by Crippen LogP contribution is 2.31. The van der Waals surface area contributed by atoms with Crippen molar-refractivity contribution in [1.29, 1.82) is 0 Å². The van der Waals surface area contributed by atoms with Gasteiger partial charge in [-0.25, -0.2) is 4.98 Å². The Labute approximate surface area is 148 Å². The number of nitrogens with one attached hydrogen (secondary N) is 1. The molecule has 0 saturated heterocycles. The first-order valence-corrected chi connectivity index (χ1v) is 8.53. The molecule has 8 heteroatoms. The van der Waals surface area contributed by atoms with Gasteiger partial charge in [0, 0.05) is 12.7 Å². The van der Waals surface area contributed by atoms with Gasteiger partial charge >= 0.3 is 6.01 Å². The van der Waals surface area contributed by atoms with Gasteiger partial charge in [0.25, 0.3) is 0 Å². The van der Waals surface area contributed by atoms with Gasteiger partial charge in [-0.2, -0.15) is 0 Å². The van der Waals surface area contributed by atoms with E-state index in [0.717, 1.165) is 28.0 Å². The molecule has 0 aliphatic heterocycles. The number of rotatable bonds is 5. The van der Waals surface area contributed by atoms with Crippen molar-refractivity contribution in [3.8, 4) is 5.75 Å². The second kappa shape index (κ2) is 6.66. The quantitative estimate of drug-likeness (QED) is 0.744. The summed E-state index contributed by atoms with van der Waals surface area (Å²) >= 11 is 1.49. The lowest BCUT2D eigenvalue weighted by atomic mass is 10.0. The van der Waals surface area contributed by atoms with E-state index in [-0.39, 0.29) is 6.10 Å². The van der Waals surface area contributed by atoms with E-state index in [9.17, 15) is 0 Å². The van der Waals surface area contributed by atoms with Crippen LogP contribution in [0.15, 0.2) is 40.8 Å². The lowest BCUT2D eigenvalue weighted by molar-refractivity contribution is 0.148. The fourth-order valence-corrected chi connectivity index (χ4v) is 3.49. The van der Waals surface area contributed by atoms with Crippen LogP contribution in [0.4, 0.5) is 11.1 Å². The average Bonchev–Trinajstić information content (AvgIpc) is 3.27. The van der Waals surface area contributed by atoms with Crippen LogP contribution in [0.1, 0.15) is 12.3 Å². The second-order valence-electron chi connectivity index (χ2n) is 5.40. The molecule has 25 heavy (non-hydrogen) atoms. The first-order valence-electron chi connectivity index (χ1n) is 7.72. The molecule has 1 atom stereocenters. The van der Waals surface area contributed by atoms with Crippen LogP contribution in [0.5, 0.6) is 5.75 Å². The third-order valence-corrected chi connectivity index (χ3v) is 4.81. The highest BCUT2D eigenvalue weighted by Gasteiger charge is 2.21. The molecule has 2 aromatic heterocycles. The highest BCUT2D eigenvalue weighted by atomic mass is 32.1. The van der Waals surface area contributed by atoms with Crippen molar-refractivity contribution in [2.24, 2.45) is 0 Å². The van der Waals surface area contributed by atoms with E-state index in [2.05, 4.69) is 20.5 Å². The van der Waals surface area contributed by atoms with E-state index in [1.165, 1.54) is 11.3 Å². The summed E-state index contributed by atoms with van der Waals surface area (Å²) in [6, 6.07) is 6.04. The zero-order valence-corrected chi connectivity index (χ0v) is 14.5. The van der Waals surface area contributed by atoms with Gasteiger partial charge in [-0.05, 0) is 24.6 Å². The molecule has 1 unspecified atom stereocenters. The summed E-state index contributed by atoms with van der Waals surface area (Å²) in [6.45, 7) is 0. The molecule has 0 radical (unpaired) electrons. The largest absolute Gasteiger partial charge is 0.497 e. The van der Waals surface area contributed by atoms with E-state index in [1.54, 1.807) is 14.2 Å². The lowest BCUT2D eigenvalue weighted by Crippen LogP contribution is -2.14. The third-order valence-electron chi connectivity index (χ3n) is 3.87. The Morgan fingerprint density at radius 2 is 2.20 bits per heavy atom. The second-order valence-corrected chi connectivity index (χ2v) is 6.43. The van der Waals surface area contributed by atoms with Crippen molar-refractivity contribution in [2.75, 3.05) is 19.5 Å². The maximum absolute atomic E-state index is 5.73. The molecule has 128 valence electrons. The number of benzene rings is 1. The number of ether oxygens (including phenoxy) is 2. The van der Waals surface area contributed by atoms with Crippen LogP contribution in [0.2, 0.25) is 0 Å². The molecule has 3 aromatic rings. The van der Waals surface area contributed by atoms with Gasteiger partial charge in [-0.15, -0.1) is 5.10 Å². The number of nitrogens with zero attached hydrogens (tertiary/aromatic N) is 3. The zero-order chi connectivity index (χ0) is 17.2. The fraction of sp³-hybridized carbons (Fsp3) is 0.235. The minimum absolute atomic E-state index is 0.0757. The molecule has 0 fully saturated rings. The van der Waals surface area contributed by atoms with Crippen LogP contribution in [0.3, 0.4) is 0 Å². The van der Waals surface area contributed by atoms with E-state index in [1.807, 2.05) is 36.4 Å². The monoisotopic (exact) mass is 356 g/mol. The third kappa shape index (κ3) is 3.13. The van der Waals surface area contributed by atoms with Crippen molar-refractivity contribution in [1.82, 2.24) is 15.2 Å². The number of methoxy groups -OCH3 is 2. The van der Waals surface area contributed by atoms with Gasteiger partial charge in [0.15, 0.2) is 5.13 Å². The molecule has 7 nitrogen and oxygen atoms in total. The Bertz CT molecular complexity index is 960. The number of hydrogen-bond acceptors (Lipinski definition) is 8. The Balaban J connectivity index is 1.57. The first kappa shape index (κ1) is 15.8. The van der Waals surface area contributed by atoms with E-state index < -0.39 is 0 Å². The standard InChI is InChI=1S/C17H16N4O3S/c1-22-10-7-8-12-14(9-10)25-17(18-12)19-16-21-20-15(24-16)11-5-3-4-6-13(11)23-2/h3-5,7-9,13H,6H2,1-2H3,(H,18,19,21). The number of allylic oxidation sites excluding steroid dienone is 2. The summed E-state index contributed by atoms with van der Waals surface area (Å²) in [5.41, 5.74) is 1.76. The van der Waals surface area contributed by atoms with Gasteiger partial charge in [-0.1, -0.05) is 34.7 Å². The van der Waals surface area contributed by atoms with Crippen molar-refractivity contribution >= 4 is 38.3 Å². The molecule has 2 heterocycles. The van der Waals surface area contributed by atoms with Gasteiger partial charge < -0.3 is 13.9 Å². The zero-order valence-electron chi connectivity index (χ0n) is 13.7. The molecule has 4 rings (SSSR count). The summed E-state index contributed by atoms with van der Waals surface area (Å²) in [4.78, 5) is 4.51. The van der Waals surface area contributed by atoms with E-state index in [0.29, 0.717) is 17.0 Å². The van der Waals surface area contributed by atoms with Crippen LogP contribution >= 0.6 is 11.3 Å². The molecule has 0 spiro atoms. The molecule has 0 amide bonds. The fourth-order valence-electron chi connectivity index (χ4n) is 2.61. The smallest absolute Gasteiger partial charge is 0.322 e. The minimum Gasteiger partial charge on any atom is -0.497 e. The summed E-state index contributed by atoms with van der Waals surface area (Å²) in [6.07, 6.45) is 6.64. The summed E-state index contributed by atoms with van der Waals surface area (Å²) in [7, 11) is 3.31. The van der Waals surface area contributed by atoms with Crippen molar-refractivity contribution < 1.29 is 13.9 Å². The molecular formula is C17H16N4O3S. The molecule has 0 saturated carbocycles. The number of aromatic nitrogens is 3. The lowest BCUT2D eigenvalue weighted by Gasteiger charge is -2.16. The molecule has 1 aliphatic carbocycles. The topological polar surface area (TPSA) is 82.3 Å². The van der Waals surface area contributed by atoms with Crippen molar-refractivity contribution in [3.63, 3.8) is 0 Å². The van der Waals surface area contributed by atoms with E-state index >= 15 is 0 Å². The van der Waals surface area contributed by atoms with Gasteiger partial charge in [0.05, 0.1) is 23.4 Å². The van der Waals surface area contributed by atoms with Crippen molar-refractivity contribution in [2.45, 2.75) is 12.5 Å². The number of fused-ring (bicyclic) bond motifs is 1. The highest BCUT2D eigenvalue weighted by molar-refractivity contribution is 7.22. The maximum Gasteiger partial charge on any atom is 0.322 e.